The molecule has 2 aliphatic carbocycles. The van der Waals surface area contributed by atoms with Crippen molar-refractivity contribution in [1.29, 1.82) is 0 Å². The Kier molecular flexibility index (Phi) is 4.49. The number of rotatable bonds is 7. The number of methoxy groups -OCH3 is 1. The maximum Gasteiger partial charge on any atom is 0.0556 e. The van der Waals surface area contributed by atoms with E-state index in [0.717, 1.165) is 19.4 Å². The van der Waals surface area contributed by atoms with Crippen LogP contribution in [-0.2, 0) is 4.74 Å². The van der Waals surface area contributed by atoms with Crippen molar-refractivity contribution in [2.45, 2.75) is 45.1 Å². The fourth-order valence-corrected chi connectivity index (χ4v) is 3.01. The molecule has 2 rings (SSSR count). The topological polar surface area (TPSA) is 41.5 Å². The number of β-amino-alcohol motifs (C(OH)–C–C–N with tert-alkyl or cyclic N) is 1. The molecule has 0 aromatic carbocycles. The second kappa shape index (κ2) is 5.78. The predicted octanol–water partition coefficient (Wildman–Crippen LogP) is 2.42. The molecule has 0 radical (unpaired) electrons. The highest BCUT2D eigenvalue weighted by atomic mass is 16.5. The fourth-order valence-electron chi connectivity index (χ4n) is 3.01. The van der Waals surface area contributed by atoms with Crippen LogP contribution in [-0.4, -0.2) is 37.5 Å². The Bertz CT molecular complexity index is 378. The zero-order chi connectivity index (χ0) is 13.9. The molecule has 0 aliphatic heterocycles. The molecule has 0 atom stereocenters. The van der Waals surface area contributed by atoms with E-state index in [1.54, 1.807) is 7.11 Å². The van der Waals surface area contributed by atoms with Crippen LogP contribution in [0.3, 0.4) is 0 Å². The number of hydrogen-bond acceptors (Lipinski definition) is 3. The summed E-state index contributed by atoms with van der Waals surface area (Å²) in [5.41, 5.74) is 3.18. The van der Waals surface area contributed by atoms with Crippen LogP contribution in [0.4, 0.5) is 0 Å². The molecule has 2 N–H and O–H groups in total. The minimum absolute atomic E-state index is 0.112. The van der Waals surface area contributed by atoms with Gasteiger partial charge in [0.15, 0.2) is 0 Å². The molecule has 0 amide bonds. The Morgan fingerprint density at radius 2 is 2.16 bits per heavy atom. The van der Waals surface area contributed by atoms with E-state index in [4.69, 9.17) is 9.84 Å². The monoisotopic (exact) mass is 265 g/mol. The fraction of sp³-hybridized carbons (Fsp3) is 0.750. The van der Waals surface area contributed by atoms with Gasteiger partial charge < -0.3 is 15.2 Å². The van der Waals surface area contributed by atoms with Crippen LogP contribution in [0, 0.1) is 5.41 Å². The second-order valence-electron chi connectivity index (χ2n) is 6.42. The molecule has 0 aromatic heterocycles. The molecule has 1 saturated carbocycles. The molecule has 3 heteroatoms. The van der Waals surface area contributed by atoms with E-state index in [0.29, 0.717) is 6.54 Å². The number of ether oxygens (including phenoxy) is 1. The number of aliphatic hydroxyl groups excluding tert-OH is 1. The summed E-state index contributed by atoms with van der Waals surface area (Å²) >= 11 is 0. The van der Waals surface area contributed by atoms with Gasteiger partial charge in [-0.15, -0.1) is 0 Å². The van der Waals surface area contributed by atoms with E-state index in [1.807, 2.05) is 0 Å². The number of hydrogen-bond donors (Lipinski definition) is 2. The molecule has 0 aromatic rings. The van der Waals surface area contributed by atoms with Gasteiger partial charge >= 0.3 is 0 Å². The van der Waals surface area contributed by atoms with Crippen LogP contribution < -0.4 is 5.32 Å². The molecule has 2 aliphatic rings. The maximum absolute atomic E-state index is 8.99. The van der Waals surface area contributed by atoms with Gasteiger partial charge in [0.25, 0.3) is 0 Å². The first-order valence-corrected chi connectivity index (χ1v) is 7.31. The van der Waals surface area contributed by atoms with Crippen molar-refractivity contribution in [3.8, 4) is 0 Å². The molecule has 0 saturated heterocycles. The van der Waals surface area contributed by atoms with Gasteiger partial charge in [-0.1, -0.05) is 31.6 Å². The smallest absolute Gasteiger partial charge is 0.0556 e. The summed E-state index contributed by atoms with van der Waals surface area (Å²) < 4.78 is 5.35. The lowest BCUT2D eigenvalue weighted by Crippen LogP contribution is -2.36. The molecule has 0 heterocycles. The normalized spacial score (nSPS) is 21.9. The molecule has 0 bridgehead atoms. The number of allylic oxidation sites excluding steroid dienone is 1. The Morgan fingerprint density at radius 1 is 1.42 bits per heavy atom. The lowest BCUT2D eigenvalue weighted by atomic mass is 9.78. The Hall–Kier alpha value is -0.640. The highest BCUT2D eigenvalue weighted by molar-refractivity contribution is 5.42. The number of nitrogens with one attached hydrogen (secondary N) is 1. The Labute approximate surface area is 116 Å². The highest BCUT2D eigenvalue weighted by Crippen LogP contribution is 2.46. The van der Waals surface area contributed by atoms with Crippen LogP contribution in [0.25, 0.3) is 0 Å². The van der Waals surface area contributed by atoms with Gasteiger partial charge in [-0.3, -0.25) is 0 Å². The quantitative estimate of drug-likeness (QED) is 0.743. The molecule has 1 fully saturated rings. The van der Waals surface area contributed by atoms with Crippen molar-refractivity contribution >= 4 is 0 Å². The third-order valence-corrected chi connectivity index (χ3v) is 4.36. The van der Waals surface area contributed by atoms with Crippen molar-refractivity contribution in [3.05, 3.63) is 23.3 Å². The molecular formula is C16H27NO2. The van der Waals surface area contributed by atoms with Crippen molar-refractivity contribution < 1.29 is 9.84 Å². The van der Waals surface area contributed by atoms with Gasteiger partial charge in [0.1, 0.15) is 0 Å². The third kappa shape index (κ3) is 3.28. The van der Waals surface area contributed by atoms with E-state index < -0.39 is 0 Å². The summed E-state index contributed by atoms with van der Waals surface area (Å²) in [6.07, 6.45) is 9.37. The van der Waals surface area contributed by atoms with Gasteiger partial charge in [0.05, 0.1) is 13.2 Å². The summed E-state index contributed by atoms with van der Waals surface area (Å²) in [7, 11) is 1.77. The first kappa shape index (κ1) is 14.8. The highest BCUT2D eigenvalue weighted by Gasteiger charge is 2.45. The number of aliphatic hydroxyl groups is 1. The van der Waals surface area contributed by atoms with E-state index in [9.17, 15) is 0 Å². The van der Waals surface area contributed by atoms with E-state index in [1.165, 1.54) is 24.0 Å². The Morgan fingerprint density at radius 3 is 2.74 bits per heavy atom. The van der Waals surface area contributed by atoms with Gasteiger partial charge in [0, 0.05) is 24.6 Å². The largest absolute Gasteiger partial charge is 0.395 e. The predicted molar refractivity (Wildman–Crippen MR) is 78.1 cm³/mol. The van der Waals surface area contributed by atoms with Crippen molar-refractivity contribution in [3.63, 3.8) is 0 Å². The van der Waals surface area contributed by atoms with Crippen molar-refractivity contribution in [1.82, 2.24) is 5.32 Å². The van der Waals surface area contributed by atoms with Gasteiger partial charge in [-0.2, -0.15) is 0 Å². The van der Waals surface area contributed by atoms with Crippen LogP contribution in [0.2, 0.25) is 0 Å². The zero-order valence-electron chi connectivity index (χ0n) is 12.5. The minimum Gasteiger partial charge on any atom is -0.395 e. The molecular weight excluding hydrogens is 238 g/mol. The summed E-state index contributed by atoms with van der Waals surface area (Å²) in [5, 5.41) is 12.5. The van der Waals surface area contributed by atoms with E-state index >= 15 is 0 Å². The summed E-state index contributed by atoms with van der Waals surface area (Å²) in [6, 6.07) is 0. The van der Waals surface area contributed by atoms with Gasteiger partial charge in [0.2, 0.25) is 0 Å². The molecule has 3 nitrogen and oxygen atoms in total. The maximum atomic E-state index is 8.99. The molecule has 0 spiro atoms. The molecule has 0 unspecified atom stereocenters. The van der Waals surface area contributed by atoms with Crippen molar-refractivity contribution in [2.24, 2.45) is 5.41 Å². The van der Waals surface area contributed by atoms with Crippen LogP contribution in [0.15, 0.2) is 23.3 Å². The van der Waals surface area contributed by atoms with E-state index in [-0.39, 0.29) is 17.6 Å². The van der Waals surface area contributed by atoms with Crippen LogP contribution in [0.1, 0.15) is 39.5 Å². The first-order chi connectivity index (χ1) is 9.04. The summed E-state index contributed by atoms with van der Waals surface area (Å²) in [4.78, 5) is 0. The molecule has 19 heavy (non-hydrogen) atoms. The Balaban J connectivity index is 2.11. The summed E-state index contributed by atoms with van der Waals surface area (Å²) in [6.45, 7) is 6.17. The molecule has 108 valence electrons. The summed E-state index contributed by atoms with van der Waals surface area (Å²) in [5.74, 6) is 0. The van der Waals surface area contributed by atoms with Gasteiger partial charge in [-0.05, 0) is 31.3 Å². The van der Waals surface area contributed by atoms with Crippen LogP contribution in [0.5, 0.6) is 0 Å². The van der Waals surface area contributed by atoms with Crippen LogP contribution >= 0.6 is 0 Å². The van der Waals surface area contributed by atoms with E-state index in [2.05, 4.69) is 31.3 Å². The second-order valence-corrected chi connectivity index (χ2v) is 6.42. The standard InChI is InChI=1S/C16H27NO2/c1-15(2,12-19-3)13-5-4-6-14(11-13)16(7-8-16)17-9-10-18/h6,11,17-18H,4-5,7-10,12H2,1-3H3. The SMILES string of the molecule is COCC(C)(C)C1=CC(C2(NCCO)CC2)=CCC1. The first-order valence-electron chi connectivity index (χ1n) is 7.31. The average Bonchev–Trinajstić information content (AvgIpc) is 3.18. The zero-order valence-corrected chi connectivity index (χ0v) is 12.5. The minimum atomic E-state index is 0.112. The van der Waals surface area contributed by atoms with Gasteiger partial charge in [-0.25, -0.2) is 0 Å². The lowest BCUT2D eigenvalue weighted by Gasteiger charge is -2.31. The lowest BCUT2D eigenvalue weighted by molar-refractivity contribution is 0.124. The third-order valence-electron chi connectivity index (χ3n) is 4.36. The van der Waals surface area contributed by atoms with Crippen molar-refractivity contribution in [2.75, 3.05) is 26.9 Å². The average molecular weight is 265 g/mol.